The van der Waals surface area contributed by atoms with E-state index in [9.17, 15) is 13.2 Å². The van der Waals surface area contributed by atoms with E-state index in [1.807, 2.05) is 18.2 Å². The predicted octanol–water partition coefficient (Wildman–Crippen LogP) is 2.93. The van der Waals surface area contributed by atoms with E-state index in [1.54, 1.807) is 28.6 Å². The van der Waals surface area contributed by atoms with Gasteiger partial charge in [-0.1, -0.05) is 12.1 Å². The van der Waals surface area contributed by atoms with Gasteiger partial charge >= 0.3 is 0 Å². The van der Waals surface area contributed by atoms with E-state index in [-0.39, 0.29) is 16.8 Å². The highest BCUT2D eigenvalue weighted by atomic mass is 32.2. The molecule has 142 valence electrons. The van der Waals surface area contributed by atoms with Crippen LogP contribution in [0.1, 0.15) is 30.9 Å². The molecular weight excluding hydrogens is 364 g/mol. The Morgan fingerprint density at radius 3 is 2.59 bits per heavy atom. The Morgan fingerprint density at radius 2 is 1.93 bits per heavy atom. The van der Waals surface area contributed by atoms with E-state index >= 15 is 0 Å². The van der Waals surface area contributed by atoms with Gasteiger partial charge in [-0.2, -0.15) is 4.31 Å². The van der Waals surface area contributed by atoms with Crippen molar-refractivity contribution in [3.05, 3.63) is 53.6 Å². The Labute approximate surface area is 159 Å². The summed E-state index contributed by atoms with van der Waals surface area (Å²) in [5.74, 6) is 0.707. The largest absolute Gasteiger partial charge is 0.493 e. The number of carbonyl (C=O) groups excluding carboxylic acids is 1. The number of hydrogen-bond donors (Lipinski definition) is 1. The summed E-state index contributed by atoms with van der Waals surface area (Å²) in [6.07, 6.45) is 2.64. The van der Waals surface area contributed by atoms with Crippen LogP contribution >= 0.6 is 0 Å². The minimum Gasteiger partial charge on any atom is -0.493 e. The molecule has 2 aromatic rings. The number of fused-ring (bicyclic) bond motifs is 1. The fraction of sp³-hybridized carbons (Fsp3) is 0.350. The normalized spacial score (nSPS) is 16.1. The fourth-order valence-corrected chi connectivity index (χ4v) is 5.01. The summed E-state index contributed by atoms with van der Waals surface area (Å²) in [6, 6.07) is 12.3. The van der Waals surface area contributed by atoms with Gasteiger partial charge in [0.1, 0.15) is 5.75 Å². The highest BCUT2D eigenvalue weighted by Gasteiger charge is 2.38. The number of nitrogens with one attached hydrogen (secondary N) is 1. The molecule has 7 heteroatoms. The first kappa shape index (κ1) is 18.0. The third-order valence-electron chi connectivity index (χ3n) is 4.83. The average Bonchev–Trinajstić information content (AvgIpc) is 3.36. The zero-order valence-corrected chi connectivity index (χ0v) is 16.0. The number of amides is 1. The van der Waals surface area contributed by atoms with E-state index in [4.69, 9.17) is 4.74 Å². The molecule has 2 aliphatic rings. The maximum Gasteiger partial charge on any atom is 0.243 e. The monoisotopic (exact) mass is 386 g/mol. The van der Waals surface area contributed by atoms with Crippen LogP contribution in [0.25, 0.3) is 0 Å². The smallest absolute Gasteiger partial charge is 0.243 e. The molecule has 2 aromatic carbocycles. The maximum absolute atomic E-state index is 13.2. The molecule has 1 amide bonds. The van der Waals surface area contributed by atoms with Gasteiger partial charge in [0.15, 0.2) is 0 Å². The quantitative estimate of drug-likeness (QED) is 0.828. The molecule has 1 fully saturated rings. The maximum atomic E-state index is 13.2. The van der Waals surface area contributed by atoms with Gasteiger partial charge in [0, 0.05) is 31.6 Å². The fourth-order valence-electron chi connectivity index (χ4n) is 3.34. The third-order valence-corrected chi connectivity index (χ3v) is 6.74. The van der Waals surface area contributed by atoms with Crippen LogP contribution in [0.2, 0.25) is 0 Å². The van der Waals surface area contributed by atoms with Crippen molar-refractivity contribution in [2.45, 2.75) is 43.7 Å². The van der Waals surface area contributed by atoms with Crippen LogP contribution in [-0.2, 0) is 27.8 Å². The summed E-state index contributed by atoms with van der Waals surface area (Å²) < 4.78 is 33.5. The van der Waals surface area contributed by atoms with Crippen LogP contribution in [0.15, 0.2) is 47.4 Å². The highest BCUT2D eigenvalue weighted by molar-refractivity contribution is 7.89. The van der Waals surface area contributed by atoms with Crippen molar-refractivity contribution in [1.29, 1.82) is 0 Å². The Kier molecular flexibility index (Phi) is 4.65. The van der Waals surface area contributed by atoms with Crippen LogP contribution < -0.4 is 10.1 Å². The van der Waals surface area contributed by atoms with Crippen molar-refractivity contribution in [1.82, 2.24) is 4.31 Å². The van der Waals surface area contributed by atoms with Gasteiger partial charge < -0.3 is 10.1 Å². The number of benzene rings is 2. The average molecular weight is 386 g/mol. The molecular formula is C20H22N2O4S. The SMILES string of the molecule is CC(=O)Nc1ccc(S(=O)(=O)N(Cc2ccc3c(c2)CCO3)C2CC2)cc1. The van der Waals surface area contributed by atoms with Gasteiger partial charge in [-0.3, -0.25) is 4.79 Å². The lowest BCUT2D eigenvalue weighted by Crippen LogP contribution is -2.32. The molecule has 1 saturated carbocycles. The van der Waals surface area contributed by atoms with E-state index in [2.05, 4.69) is 5.32 Å². The molecule has 1 aliphatic carbocycles. The second-order valence-corrected chi connectivity index (χ2v) is 8.92. The lowest BCUT2D eigenvalue weighted by atomic mass is 10.1. The lowest BCUT2D eigenvalue weighted by molar-refractivity contribution is -0.114. The number of sulfonamides is 1. The molecule has 0 radical (unpaired) electrons. The topological polar surface area (TPSA) is 75.7 Å². The summed E-state index contributed by atoms with van der Waals surface area (Å²) in [7, 11) is -3.61. The molecule has 0 unspecified atom stereocenters. The second kappa shape index (κ2) is 6.98. The van der Waals surface area contributed by atoms with Crippen molar-refractivity contribution in [2.24, 2.45) is 0 Å². The summed E-state index contributed by atoms with van der Waals surface area (Å²) in [4.78, 5) is 11.4. The van der Waals surface area contributed by atoms with Crippen LogP contribution in [0.3, 0.4) is 0 Å². The molecule has 0 atom stereocenters. The number of ether oxygens (including phenoxy) is 1. The van der Waals surface area contributed by atoms with Crippen LogP contribution in [0.5, 0.6) is 5.75 Å². The molecule has 1 heterocycles. The Balaban J connectivity index is 1.58. The number of carbonyl (C=O) groups is 1. The number of rotatable bonds is 6. The Bertz CT molecular complexity index is 966. The van der Waals surface area contributed by atoms with E-state index in [0.29, 0.717) is 18.8 Å². The van der Waals surface area contributed by atoms with Crippen LogP contribution in [-0.4, -0.2) is 31.3 Å². The van der Waals surface area contributed by atoms with Gasteiger partial charge in [0.25, 0.3) is 0 Å². The number of nitrogens with zero attached hydrogens (tertiary/aromatic N) is 1. The number of anilines is 1. The molecule has 0 saturated heterocycles. The van der Waals surface area contributed by atoms with E-state index < -0.39 is 10.0 Å². The summed E-state index contributed by atoms with van der Waals surface area (Å²) in [6.45, 7) is 2.46. The Morgan fingerprint density at radius 1 is 1.19 bits per heavy atom. The third kappa shape index (κ3) is 3.84. The van der Waals surface area contributed by atoms with Gasteiger partial charge in [0.05, 0.1) is 11.5 Å². The molecule has 0 spiro atoms. The van der Waals surface area contributed by atoms with Gasteiger partial charge in [0.2, 0.25) is 15.9 Å². The van der Waals surface area contributed by atoms with Gasteiger partial charge in [-0.25, -0.2) is 8.42 Å². The summed E-state index contributed by atoms with van der Waals surface area (Å²) in [5.41, 5.74) is 2.70. The molecule has 1 N–H and O–H groups in total. The first-order valence-corrected chi connectivity index (χ1v) is 10.5. The predicted molar refractivity (Wildman–Crippen MR) is 102 cm³/mol. The number of hydrogen-bond acceptors (Lipinski definition) is 4. The van der Waals surface area contributed by atoms with Crippen LogP contribution in [0, 0.1) is 0 Å². The summed E-state index contributed by atoms with van der Waals surface area (Å²) >= 11 is 0. The molecule has 0 bridgehead atoms. The minimum atomic E-state index is -3.61. The second-order valence-electron chi connectivity index (χ2n) is 7.03. The van der Waals surface area contributed by atoms with Crippen molar-refractivity contribution in [3.63, 3.8) is 0 Å². The molecule has 6 nitrogen and oxygen atoms in total. The van der Waals surface area contributed by atoms with E-state index in [0.717, 1.165) is 36.1 Å². The molecule has 27 heavy (non-hydrogen) atoms. The lowest BCUT2D eigenvalue weighted by Gasteiger charge is -2.22. The molecule has 0 aromatic heterocycles. The Hall–Kier alpha value is -2.38. The van der Waals surface area contributed by atoms with Crippen molar-refractivity contribution in [3.8, 4) is 5.75 Å². The summed E-state index contributed by atoms with van der Waals surface area (Å²) in [5, 5.41) is 2.65. The van der Waals surface area contributed by atoms with Crippen molar-refractivity contribution >= 4 is 21.6 Å². The first-order valence-electron chi connectivity index (χ1n) is 9.07. The zero-order chi connectivity index (χ0) is 19.0. The van der Waals surface area contributed by atoms with E-state index in [1.165, 1.54) is 6.92 Å². The highest BCUT2D eigenvalue weighted by Crippen LogP contribution is 2.35. The standard InChI is InChI=1S/C20H22N2O4S/c1-14(23)21-17-3-7-19(8-4-17)27(24,25)22(18-5-6-18)13-15-2-9-20-16(12-15)10-11-26-20/h2-4,7-9,12,18H,5-6,10-11,13H2,1H3,(H,21,23). The van der Waals surface area contributed by atoms with Crippen molar-refractivity contribution < 1.29 is 17.9 Å². The minimum absolute atomic E-state index is 0.0505. The van der Waals surface area contributed by atoms with Gasteiger partial charge in [-0.05, 0) is 54.3 Å². The van der Waals surface area contributed by atoms with Gasteiger partial charge in [-0.15, -0.1) is 0 Å². The van der Waals surface area contributed by atoms with Crippen molar-refractivity contribution in [2.75, 3.05) is 11.9 Å². The zero-order valence-electron chi connectivity index (χ0n) is 15.1. The molecule has 4 rings (SSSR count). The first-order chi connectivity index (χ1) is 12.9. The van der Waals surface area contributed by atoms with Crippen LogP contribution in [0.4, 0.5) is 5.69 Å². The molecule has 1 aliphatic heterocycles.